The molecule has 0 spiro atoms. The van der Waals surface area contributed by atoms with Crippen molar-refractivity contribution in [1.82, 2.24) is 9.80 Å². The average Bonchev–Trinajstić information content (AvgIpc) is 3.14. The molecule has 0 aromatic heterocycles. The summed E-state index contributed by atoms with van der Waals surface area (Å²) in [6.45, 7) is 2.91. The molecule has 1 unspecified atom stereocenters. The van der Waals surface area contributed by atoms with Gasteiger partial charge in [-0.15, -0.1) is 0 Å². The lowest BCUT2D eigenvalue weighted by Crippen LogP contribution is -2.51. The van der Waals surface area contributed by atoms with Gasteiger partial charge in [0, 0.05) is 38.2 Å². The summed E-state index contributed by atoms with van der Waals surface area (Å²) in [5.41, 5.74) is 6.79. The van der Waals surface area contributed by atoms with Crippen LogP contribution in [0.1, 0.15) is 16.8 Å². The van der Waals surface area contributed by atoms with E-state index in [0.29, 0.717) is 56.4 Å². The predicted molar refractivity (Wildman–Crippen MR) is 90.6 cm³/mol. The van der Waals surface area contributed by atoms with Gasteiger partial charge in [-0.2, -0.15) is 0 Å². The molecule has 2 heterocycles. The highest BCUT2D eigenvalue weighted by Crippen LogP contribution is 2.23. The highest BCUT2D eigenvalue weighted by Gasteiger charge is 2.28. The van der Waals surface area contributed by atoms with Gasteiger partial charge in [0.2, 0.25) is 0 Å². The number of carbonyl (C=O) groups is 2. The quantitative estimate of drug-likeness (QED) is 0.817. The SMILES string of the molecule is COc1cc(C(=O)N2CCN(C(=O)OC3CCOC3)CC2)ccc1N. The Morgan fingerprint density at radius 2 is 1.92 bits per heavy atom. The summed E-state index contributed by atoms with van der Waals surface area (Å²) >= 11 is 0. The molecule has 0 bridgehead atoms. The summed E-state index contributed by atoms with van der Waals surface area (Å²) in [5.74, 6) is 0.377. The maximum atomic E-state index is 12.6. The third kappa shape index (κ3) is 3.96. The minimum absolute atomic E-state index is 0.101. The Morgan fingerprint density at radius 3 is 2.56 bits per heavy atom. The number of hydrogen-bond acceptors (Lipinski definition) is 6. The molecule has 1 atom stereocenters. The Bertz CT molecular complexity index is 637. The molecule has 2 aliphatic rings. The molecule has 0 radical (unpaired) electrons. The third-order valence-corrected chi connectivity index (χ3v) is 4.46. The van der Waals surface area contributed by atoms with Crippen molar-refractivity contribution in [2.24, 2.45) is 0 Å². The number of ether oxygens (including phenoxy) is 3. The van der Waals surface area contributed by atoms with Crippen molar-refractivity contribution >= 4 is 17.7 Å². The van der Waals surface area contributed by atoms with E-state index in [1.165, 1.54) is 7.11 Å². The molecule has 3 rings (SSSR count). The van der Waals surface area contributed by atoms with E-state index in [2.05, 4.69) is 0 Å². The van der Waals surface area contributed by atoms with Gasteiger partial charge in [0.1, 0.15) is 11.9 Å². The topological polar surface area (TPSA) is 94.3 Å². The number of amides is 2. The van der Waals surface area contributed by atoms with Gasteiger partial charge in [-0.25, -0.2) is 4.79 Å². The van der Waals surface area contributed by atoms with E-state index >= 15 is 0 Å². The molecule has 8 heteroatoms. The molecular weight excluding hydrogens is 326 g/mol. The summed E-state index contributed by atoms with van der Waals surface area (Å²) < 4.78 is 15.8. The molecule has 2 N–H and O–H groups in total. The lowest BCUT2D eigenvalue weighted by atomic mass is 10.1. The van der Waals surface area contributed by atoms with Gasteiger partial charge in [-0.05, 0) is 18.2 Å². The van der Waals surface area contributed by atoms with Crippen molar-refractivity contribution in [3.8, 4) is 5.75 Å². The molecule has 2 fully saturated rings. The zero-order chi connectivity index (χ0) is 17.8. The van der Waals surface area contributed by atoms with Crippen molar-refractivity contribution in [2.75, 3.05) is 52.2 Å². The minimum atomic E-state index is -0.336. The molecular formula is C17H23N3O5. The number of benzene rings is 1. The highest BCUT2D eigenvalue weighted by molar-refractivity contribution is 5.95. The number of rotatable bonds is 3. The van der Waals surface area contributed by atoms with Crippen LogP contribution in [-0.2, 0) is 9.47 Å². The molecule has 2 aliphatic heterocycles. The summed E-state index contributed by atoms with van der Waals surface area (Å²) in [5, 5.41) is 0. The van der Waals surface area contributed by atoms with Crippen LogP contribution in [0.15, 0.2) is 18.2 Å². The van der Waals surface area contributed by atoms with Gasteiger partial charge in [-0.3, -0.25) is 4.79 Å². The average molecular weight is 349 g/mol. The van der Waals surface area contributed by atoms with Crippen LogP contribution < -0.4 is 10.5 Å². The van der Waals surface area contributed by atoms with Crippen molar-refractivity contribution in [3.05, 3.63) is 23.8 Å². The summed E-state index contributed by atoms with van der Waals surface area (Å²) in [6, 6.07) is 4.97. The number of carbonyl (C=O) groups excluding carboxylic acids is 2. The van der Waals surface area contributed by atoms with Crippen LogP contribution in [0.25, 0.3) is 0 Å². The van der Waals surface area contributed by atoms with E-state index in [4.69, 9.17) is 19.9 Å². The summed E-state index contributed by atoms with van der Waals surface area (Å²) in [7, 11) is 1.51. The first-order valence-electron chi connectivity index (χ1n) is 8.34. The number of hydrogen-bond donors (Lipinski definition) is 1. The fourth-order valence-electron chi connectivity index (χ4n) is 2.94. The Hall–Kier alpha value is -2.48. The number of piperazine rings is 1. The fraction of sp³-hybridized carbons (Fsp3) is 0.529. The number of nitrogens with zero attached hydrogens (tertiary/aromatic N) is 2. The highest BCUT2D eigenvalue weighted by atomic mass is 16.6. The first-order valence-corrected chi connectivity index (χ1v) is 8.34. The molecule has 1 aromatic carbocycles. The predicted octanol–water partition coefficient (Wildman–Crippen LogP) is 0.961. The molecule has 1 aromatic rings. The summed E-state index contributed by atoms with van der Waals surface area (Å²) in [4.78, 5) is 28.1. The first kappa shape index (κ1) is 17.3. The van der Waals surface area contributed by atoms with Crippen LogP contribution in [0.5, 0.6) is 5.75 Å². The number of methoxy groups -OCH3 is 1. The van der Waals surface area contributed by atoms with Crippen molar-refractivity contribution in [3.63, 3.8) is 0 Å². The molecule has 8 nitrogen and oxygen atoms in total. The van der Waals surface area contributed by atoms with Crippen LogP contribution in [0.4, 0.5) is 10.5 Å². The van der Waals surface area contributed by atoms with Gasteiger partial charge < -0.3 is 29.7 Å². The monoisotopic (exact) mass is 349 g/mol. The summed E-state index contributed by atoms with van der Waals surface area (Å²) in [6.07, 6.45) is 0.245. The largest absolute Gasteiger partial charge is 0.495 e. The second kappa shape index (κ2) is 7.60. The number of nitrogens with two attached hydrogens (primary N) is 1. The van der Waals surface area contributed by atoms with Gasteiger partial charge in [0.25, 0.3) is 5.91 Å². The van der Waals surface area contributed by atoms with E-state index in [0.717, 1.165) is 6.42 Å². The van der Waals surface area contributed by atoms with Gasteiger partial charge in [-0.1, -0.05) is 0 Å². The molecule has 0 aliphatic carbocycles. The minimum Gasteiger partial charge on any atom is -0.495 e. The molecule has 136 valence electrons. The van der Waals surface area contributed by atoms with E-state index in [9.17, 15) is 9.59 Å². The maximum Gasteiger partial charge on any atom is 0.410 e. The lowest BCUT2D eigenvalue weighted by Gasteiger charge is -2.34. The fourth-order valence-corrected chi connectivity index (χ4v) is 2.94. The second-order valence-corrected chi connectivity index (χ2v) is 6.11. The van der Waals surface area contributed by atoms with E-state index in [-0.39, 0.29) is 18.1 Å². The molecule has 2 amide bonds. The van der Waals surface area contributed by atoms with E-state index in [1.807, 2.05) is 0 Å². The molecule has 2 saturated heterocycles. The van der Waals surface area contributed by atoms with E-state index in [1.54, 1.807) is 28.0 Å². The molecule has 25 heavy (non-hydrogen) atoms. The van der Waals surface area contributed by atoms with Crippen molar-refractivity contribution < 1.29 is 23.8 Å². The lowest BCUT2D eigenvalue weighted by molar-refractivity contribution is 0.0370. The van der Waals surface area contributed by atoms with E-state index < -0.39 is 0 Å². The Morgan fingerprint density at radius 1 is 1.20 bits per heavy atom. The van der Waals surface area contributed by atoms with Gasteiger partial charge in [0.05, 0.1) is 26.0 Å². The number of nitrogen functional groups attached to an aromatic ring is 1. The van der Waals surface area contributed by atoms with Crippen LogP contribution in [0.2, 0.25) is 0 Å². The normalized spacial score (nSPS) is 20.4. The Labute approximate surface area is 146 Å². The van der Waals surface area contributed by atoms with Crippen molar-refractivity contribution in [1.29, 1.82) is 0 Å². The van der Waals surface area contributed by atoms with Gasteiger partial charge >= 0.3 is 6.09 Å². The van der Waals surface area contributed by atoms with Crippen LogP contribution >= 0.6 is 0 Å². The smallest absolute Gasteiger partial charge is 0.410 e. The van der Waals surface area contributed by atoms with Crippen molar-refractivity contribution in [2.45, 2.75) is 12.5 Å². The molecule has 0 saturated carbocycles. The third-order valence-electron chi connectivity index (χ3n) is 4.46. The van der Waals surface area contributed by atoms with Crippen LogP contribution in [0, 0.1) is 0 Å². The zero-order valence-electron chi connectivity index (χ0n) is 14.3. The second-order valence-electron chi connectivity index (χ2n) is 6.11. The zero-order valence-corrected chi connectivity index (χ0v) is 14.3. The maximum absolute atomic E-state index is 12.6. The van der Waals surface area contributed by atoms with Crippen LogP contribution in [-0.4, -0.2) is 74.4 Å². The Kier molecular flexibility index (Phi) is 5.28. The Balaban J connectivity index is 1.54. The number of anilines is 1. The first-order chi connectivity index (χ1) is 12.1. The standard InChI is InChI=1S/C17H23N3O5/c1-23-15-10-12(2-3-14(15)18)16(21)19-5-7-20(8-6-19)17(22)25-13-4-9-24-11-13/h2-3,10,13H,4-9,11,18H2,1H3. The van der Waals surface area contributed by atoms with Gasteiger partial charge in [0.15, 0.2) is 0 Å². The van der Waals surface area contributed by atoms with Crippen LogP contribution in [0.3, 0.4) is 0 Å².